The van der Waals surface area contributed by atoms with E-state index in [9.17, 15) is 4.79 Å². The summed E-state index contributed by atoms with van der Waals surface area (Å²) in [5.74, 6) is -0.842. The van der Waals surface area contributed by atoms with Crippen molar-refractivity contribution in [3.8, 4) is 0 Å². The molecule has 1 aromatic heterocycles. The van der Waals surface area contributed by atoms with Gasteiger partial charge in [-0.2, -0.15) is 0 Å². The highest BCUT2D eigenvalue weighted by Gasteiger charge is 2.07. The molecule has 6 heteroatoms. The summed E-state index contributed by atoms with van der Waals surface area (Å²) in [6.45, 7) is 0.529. The molecule has 4 nitrogen and oxygen atoms in total. The van der Waals surface area contributed by atoms with Crippen LogP contribution < -0.4 is 0 Å². The second kappa shape index (κ2) is 4.55. The summed E-state index contributed by atoms with van der Waals surface area (Å²) in [5.41, 5.74) is 0. The zero-order valence-corrected chi connectivity index (χ0v) is 8.60. The molecule has 0 aliphatic heterocycles. The van der Waals surface area contributed by atoms with Crippen LogP contribution in [-0.2, 0) is 11.3 Å². The summed E-state index contributed by atoms with van der Waals surface area (Å²) < 4.78 is 0.624. The van der Waals surface area contributed by atoms with Gasteiger partial charge in [0.25, 0.3) is 0 Å². The van der Waals surface area contributed by atoms with E-state index in [4.69, 9.17) is 16.7 Å². The van der Waals surface area contributed by atoms with Gasteiger partial charge in [0.15, 0.2) is 0 Å². The molecule has 0 aliphatic rings. The van der Waals surface area contributed by atoms with Crippen molar-refractivity contribution in [3.63, 3.8) is 0 Å². The molecule has 0 unspecified atom stereocenters. The third-order valence-electron chi connectivity index (χ3n) is 1.34. The van der Waals surface area contributed by atoms with E-state index in [1.165, 1.54) is 11.3 Å². The van der Waals surface area contributed by atoms with Crippen molar-refractivity contribution in [1.82, 2.24) is 9.88 Å². The first-order chi connectivity index (χ1) is 6.08. The quantitative estimate of drug-likeness (QED) is 0.832. The van der Waals surface area contributed by atoms with Gasteiger partial charge >= 0.3 is 5.97 Å². The van der Waals surface area contributed by atoms with Crippen molar-refractivity contribution >= 4 is 28.9 Å². The lowest BCUT2D eigenvalue weighted by atomic mass is 10.5. The van der Waals surface area contributed by atoms with Gasteiger partial charge in [0.2, 0.25) is 0 Å². The molecule has 13 heavy (non-hydrogen) atoms. The summed E-state index contributed by atoms with van der Waals surface area (Å²) >= 11 is 7.03. The number of nitrogens with zero attached hydrogens (tertiary/aromatic N) is 2. The Bertz CT molecular complexity index is 302. The fourth-order valence-electron chi connectivity index (χ4n) is 0.879. The van der Waals surface area contributed by atoms with Gasteiger partial charge in [-0.05, 0) is 7.05 Å². The maximum Gasteiger partial charge on any atom is 0.317 e. The monoisotopic (exact) mass is 220 g/mol. The van der Waals surface area contributed by atoms with Crippen molar-refractivity contribution in [2.75, 3.05) is 13.6 Å². The highest BCUT2D eigenvalue weighted by Crippen LogP contribution is 2.18. The highest BCUT2D eigenvalue weighted by atomic mass is 35.5. The van der Waals surface area contributed by atoms with Gasteiger partial charge in [-0.15, -0.1) is 11.3 Å². The minimum atomic E-state index is -0.842. The van der Waals surface area contributed by atoms with Crippen molar-refractivity contribution in [2.24, 2.45) is 0 Å². The van der Waals surface area contributed by atoms with Crippen molar-refractivity contribution < 1.29 is 9.90 Å². The van der Waals surface area contributed by atoms with Gasteiger partial charge < -0.3 is 5.11 Å². The number of carboxylic acid groups (broad SMARTS) is 1. The van der Waals surface area contributed by atoms with Gasteiger partial charge in [-0.1, -0.05) is 11.6 Å². The number of hydrogen-bond donors (Lipinski definition) is 1. The van der Waals surface area contributed by atoms with E-state index in [2.05, 4.69) is 4.98 Å². The topological polar surface area (TPSA) is 53.4 Å². The number of aliphatic carboxylic acids is 1. The standard InChI is InChI=1S/C7H9ClN2O2S/c1-10(4-7(11)12)3-6-9-2-5(8)13-6/h2H,3-4H2,1H3,(H,11,12). The molecule has 0 aromatic carbocycles. The van der Waals surface area contributed by atoms with Crippen LogP contribution in [-0.4, -0.2) is 34.6 Å². The lowest BCUT2D eigenvalue weighted by Gasteiger charge is -2.10. The van der Waals surface area contributed by atoms with Crippen LogP contribution in [0.25, 0.3) is 0 Å². The molecule has 0 saturated heterocycles. The first kappa shape index (κ1) is 10.4. The van der Waals surface area contributed by atoms with Gasteiger partial charge in [0, 0.05) is 0 Å². The summed E-state index contributed by atoms with van der Waals surface area (Å²) in [4.78, 5) is 16.0. The van der Waals surface area contributed by atoms with Gasteiger partial charge in [-0.25, -0.2) is 4.98 Å². The molecule has 1 N–H and O–H groups in total. The predicted octanol–water partition coefficient (Wildman–Crippen LogP) is 1.31. The van der Waals surface area contributed by atoms with Crippen LogP contribution in [0.5, 0.6) is 0 Å². The Hall–Kier alpha value is -0.650. The predicted molar refractivity (Wildman–Crippen MR) is 51.1 cm³/mol. The summed E-state index contributed by atoms with van der Waals surface area (Å²) in [7, 11) is 1.73. The molecular formula is C7H9ClN2O2S. The average molecular weight is 221 g/mol. The SMILES string of the molecule is CN(CC(=O)O)Cc1ncc(Cl)s1. The van der Waals surface area contributed by atoms with E-state index >= 15 is 0 Å². The van der Waals surface area contributed by atoms with E-state index in [0.29, 0.717) is 10.9 Å². The Labute approximate surface area is 84.8 Å². The van der Waals surface area contributed by atoms with E-state index in [0.717, 1.165) is 5.01 Å². The van der Waals surface area contributed by atoms with Crippen molar-refractivity contribution in [3.05, 3.63) is 15.5 Å². The number of carboxylic acids is 1. The van der Waals surface area contributed by atoms with E-state index < -0.39 is 5.97 Å². The van der Waals surface area contributed by atoms with Crippen molar-refractivity contribution in [2.45, 2.75) is 6.54 Å². The minimum absolute atomic E-state index is 0.0111. The Morgan fingerprint density at radius 2 is 2.54 bits per heavy atom. The second-order valence-electron chi connectivity index (χ2n) is 2.62. The number of aromatic nitrogens is 1. The van der Waals surface area contributed by atoms with E-state index in [1.54, 1.807) is 18.1 Å². The minimum Gasteiger partial charge on any atom is -0.480 e. The Morgan fingerprint density at radius 3 is 3.00 bits per heavy atom. The molecule has 0 amide bonds. The van der Waals surface area contributed by atoms with Crippen LogP contribution in [0.4, 0.5) is 0 Å². The Morgan fingerprint density at radius 1 is 1.85 bits per heavy atom. The fourth-order valence-corrected chi connectivity index (χ4v) is 1.92. The van der Waals surface area contributed by atoms with Crippen LogP contribution in [0, 0.1) is 0 Å². The normalized spacial score (nSPS) is 10.7. The summed E-state index contributed by atoms with van der Waals surface area (Å²) in [5, 5.41) is 9.31. The fraction of sp³-hybridized carbons (Fsp3) is 0.429. The lowest BCUT2D eigenvalue weighted by Crippen LogP contribution is -2.24. The molecule has 1 aromatic rings. The first-order valence-corrected chi connectivity index (χ1v) is 4.78. The summed E-state index contributed by atoms with van der Waals surface area (Å²) in [6, 6.07) is 0. The Kier molecular flexibility index (Phi) is 3.65. The van der Waals surface area contributed by atoms with Crippen LogP contribution >= 0.6 is 22.9 Å². The van der Waals surface area contributed by atoms with E-state index in [1.807, 2.05) is 0 Å². The number of thiazole rings is 1. The van der Waals surface area contributed by atoms with Crippen LogP contribution in [0.2, 0.25) is 4.34 Å². The Balaban J connectivity index is 2.44. The number of hydrogen-bond acceptors (Lipinski definition) is 4. The zero-order valence-electron chi connectivity index (χ0n) is 7.03. The molecule has 1 rings (SSSR count). The lowest BCUT2D eigenvalue weighted by molar-refractivity contribution is -0.138. The molecule has 1 heterocycles. The molecule has 0 spiro atoms. The molecule has 0 radical (unpaired) electrons. The third-order valence-corrected chi connectivity index (χ3v) is 2.44. The zero-order chi connectivity index (χ0) is 9.84. The van der Waals surface area contributed by atoms with Gasteiger partial charge in [-0.3, -0.25) is 9.69 Å². The molecule has 0 aliphatic carbocycles. The molecule has 0 bridgehead atoms. The van der Waals surface area contributed by atoms with Gasteiger partial charge in [0.1, 0.15) is 9.34 Å². The maximum atomic E-state index is 10.3. The average Bonchev–Trinajstić information content (AvgIpc) is 2.33. The first-order valence-electron chi connectivity index (χ1n) is 3.58. The number of carbonyl (C=O) groups is 1. The number of rotatable bonds is 4. The van der Waals surface area contributed by atoms with Crippen LogP contribution in [0.1, 0.15) is 5.01 Å². The largest absolute Gasteiger partial charge is 0.480 e. The molecule has 0 saturated carbocycles. The smallest absolute Gasteiger partial charge is 0.317 e. The molecular weight excluding hydrogens is 212 g/mol. The maximum absolute atomic E-state index is 10.3. The third kappa shape index (κ3) is 3.71. The number of halogens is 1. The molecule has 0 fully saturated rings. The molecule has 72 valence electrons. The summed E-state index contributed by atoms with van der Waals surface area (Å²) in [6.07, 6.45) is 1.57. The van der Waals surface area contributed by atoms with E-state index in [-0.39, 0.29) is 6.54 Å². The highest BCUT2D eigenvalue weighted by molar-refractivity contribution is 7.15. The number of likely N-dealkylation sites (N-methyl/N-ethyl adjacent to an activating group) is 1. The van der Waals surface area contributed by atoms with Crippen molar-refractivity contribution in [1.29, 1.82) is 0 Å². The van der Waals surface area contributed by atoms with Gasteiger partial charge in [0.05, 0.1) is 19.3 Å². The van der Waals surface area contributed by atoms with Crippen LogP contribution in [0.15, 0.2) is 6.20 Å². The van der Waals surface area contributed by atoms with Crippen LogP contribution in [0.3, 0.4) is 0 Å². The second-order valence-corrected chi connectivity index (χ2v) is 4.37. The molecule has 0 atom stereocenters.